The molecular formula is C23H28N4O3. The monoisotopic (exact) mass is 408 g/mol. The normalized spacial score (nSPS) is 15.7. The van der Waals surface area contributed by atoms with Gasteiger partial charge in [-0.05, 0) is 70.1 Å². The van der Waals surface area contributed by atoms with Crippen LogP contribution in [0.3, 0.4) is 0 Å². The number of anilines is 2. The number of para-hydroxylation sites is 1. The minimum absolute atomic E-state index is 0.0335. The second-order valence-corrected chi connectivity index (χ2v) is 7.63. The molecule has 0 bridgehead atoms. The zero-order chi connectivity index (χ0) is 21.3. The smallest absolute Gasteiger partial charge is 0.253 e. The largest absolute Gasteiger partial charge is 0.452 e. The molecule has 3 N–H and O–H groups in total. The first-order valence-electron chi connectivity index (χ1n) is 10.6. The number of nitrogens with two attached hydrogens (primary N) is 1. The fourth-order valence-corrected chi connectivity index (χ4v) is 4.34. The van der Waals surface area contributed by atoms with Crippen LogP contribution in [0.4, 0.5) is 11.4 Å². The molecule has 0 saturated carbocycles. The van der Waals surface area contributed by atoms with E-state index in [9.17, 15) is 9.59 Å². The highest BCUT2D eigenvalue weighted by molar-refractivity contribution is 6.00. The lowest BCUT2D eigenvalue weighted by Gasteiger charge is -2.41. The Morgan fingerprint density at radius 1 is 1.13 bits per heavy atom. The molecule has 30 heavy (non-hydrogen) atoms. The number of carbonyl (C=O) groups is 2. The van der Waals surface area contributed by atoms with Crippen molar-refractivity contribution >= 4 is 23.2 Å². The number of hydrogen-bond donors (Lipinski definition) is 2. The topological polar surface area (TPSA) is 87.9 Å². The molecule has 0 spiro atoms. The van der Waals surface area contributed by atoms with Crippen LogP contribution in [-0.2, 0) is 0 Å². The van der Waals surface area contributed by atoms with Crippen molar-refractivity contribution in [2.75, 3.05) is 31.1 Å². The van der Waals surface area contributed by atoms with E-state index < -0.39 is 5.91 Å². The predicted molar refractivity (Wildman–Crippen MR) is 117 cm³/mol. The van der Waals surface area contributed by atoms with Gasteiger partial charge in [-0.2, -0.15) is 0 Å². The molecule has 2 aromatic rings. The van der Waals surface area contributed by atoms with Gasteiger partial charge in [0.25, 0.3) is 11.8 Å². The average Bonchev–Trinajstić information content (AvgIpc) is 2.77. The molecule has 4 rings (SSSR count). The molecule has 2 heterocycles. The Balaban J connectivity index is 1.82. The van der Waals surface area contributed by atoms with Crippen molar-refractivity contribution in [2.45, 2.75) is 32.7 Å². The van der Waals surface area contributed by atoms with Crippen LogP contribution in [0.1, 0.15) is 47.4 Å². The number of primary amides is 1. The van der Waals surface area contributed by atoms with E-state index in [2.05, 4.69) is 10.2 Å². The van der Waals surface area contributed by atoms with Crippen molar-refractivity contribution in [3.63, 3.8) is 0 Å². The third kappa shape index (κ3) is 3.50. The first kappa shape index (κ1) is 20.2. The number of ether oxygens (including phenoxy) is 1. The van der Waals surface area contributed by atoms with Gasteiger partial charge in [-0.15, -0.1) is 0 Å². The van der Waals surface area contributed by atoms with Gasteiger partial charge in [0.2, 0.25) is 0 Å². The van der Waals surface area contributed by atoms with E-state index in [4.69, 9.17) is 10.5 Å². The number of benzene rings is 2. The molecule has 1 fully saturated rings. The molecule has 0 atom stereocenters. The first-order valence-corrected chi connectivity index (χ1v) is 10.6. The second-order valence-electron chi connectivity index (χ2n) is 7.63. The highest BCUT2D eigenvalue weighted by Crippen LogP contribution is 2.50. The molecule has 0 unspecified atom stereocenters. The van der Waals surface area contributed by atoms with Gasteiger partial charge in [0.15, 0.2) is 11.5 Å². The van der Waals surface area contributed by atoms with E-state index in [0.29, 0.717) is 35.7 Å². The minimum atomic E-state index is -0.532. The summed E-state index contributed by atoms with van der Waals surface area (Å²) in [4.78, 5) is 29.0. The summed E-state index contributed by atoms with van der Waals surface area (Å²) in [6, 6.07) is 11.3. The highest BCUT2D eigenvalue weighted by Gasteiger charge is 2.33. The third-order valence-corrected chi connectivity index (χ3v) is 5.92. The van der Waals surface area contributed by atoms with Crippen LogP contribution in [0.2, 0.25) is 0 Å². The van der Waals surface area contributed by atoms with Gasteiger partial charge >= 0.3 is 0 Å². The lowest BCUT2D eigenvalue weighted by Crippen LogP contribution is -2.42. The lowest BCUT2D eigenvalue weighted by molar-refractivity contribution is 0.0772. The predicted octanol–water partition coefficient (Wildman–Crippen LogP) is 3.26. The molecule has 2 aliphatic heterocycles. The molecule has 7 heteroatoms. The van der Waals surface area contributed by atoms with Crippen LogP contribution in [-0.4, -0.2) is 48.9 Å². The summed E-state index contributed by atoms with van der Waals surface area (Å²) in [5, 5.41) is 3.40. The Morgan fingerprint density at radius 2 is 1.87 bits per heavy atom. The van der Waals surface area contributed by atoms with Crippen molar-refractivity contribution in [1.82, 2.24) is 10.2 Å². The Hall–Kier alpha value is -3.06. The summed E-state index contributed by atoms with van der Waals surface area (Å²) in [6.45, 7) is 7.07. The summed E-state index contributed by atoms with van der Waals surface area (Å²) in [5.74, 6) is 0.473. The SMILES string of the molecule is CCN(CC)C(=O)c1ccc2c(c1)Oc1c(C(N)=O)cccc1N2C1CCNCC1. The molecule has 7 nitrogen and oxygen atoms in total. The fraction of sp³-hybridized carbons (Fsp3) is 0.391. The first-order chi connectivity index (χ1) is 14.5. The molecule has 0 aromatic heterocycles. The average molecular weight is 409 g/mol. The molecule has 2 aromatic carbocycles. The molecule has 2 amide bonds. The zero-order valence-electron chi connectivity index (χ0n) is 17.5. The fourth-order valence-electron chi connectivity index (χ4n) is 4.34. The van der Waals surface area contributed by atoms with E-state index in [0.717, 1.165) is 37.3 Å². The molecule has 0 aliphatic carbocycles. The second kappa shape index (κ2) is 8.36. The minimum Gasteiger partial charge on any atom is -0.452 e. The summed E-state index contributed by atoms with van der Waals surface area (Å²) < 4.78 is 6.20. The molecule has 1 saturated heterocycles. The van der Waals surface area contributed by atoms with E-state index in [1.165, 1.54) is 0 Å². The number of fused-ring (bicyclic) bond motifs is 2. The zero-order valence-corrected chi connectivity index (χ0v) is 17.5. The van der Waals surface area contributed by atoms with Gasteiger partial charge in [-0.3, -0.25) is 9.59 Å². The van der Waals surface area contributed by atoms with Crippen LogP contribution in [0.5, 0.6) is 11.5 Å². The van der Waals surface area contributed by atoms with E-state index in [1.54, 1.807) is 17.0 Å². The number of nitrogens with zero attached hydrogens (tertiary/aromatic N) is 2. The summed E-state index contributed by atoms with van der Waals surface area (Å²) in [7, 11) is 0. The highest BCUT2D eigenvalue weighted by atomic mass is 16.5. The summed E-state index contributed by atoms with van der Waals surface area (Å²) >= 11 is 0. The Kier molecular flexibility index (Phi) is 5.63. The quantitative estimate of drug-likeness (QED) is 0.793. The van der Waals surface area contributed by atoms with Gasteiger partial charge in [0, 0.05) is 24.7 Å². The van der Waals surface area contributed by atoms with Crippen molar-refractivity contribution in [1.29, 1.82) is 0 Å². The van der Waals surface area contributed by atoms with E-state index in [-0.39, 0.29) is 11.9 Å². The molecule has 0 radical (unpaired) electrons. The van der Waals surface area contributed by atoms with Crippen molar-refractivity contribution in [3.05, 3.63) is 47.5 Å². The summed E-state index contributed by atoms with van der Waals surface area (Å²) in [5.41, 5.74) is 8.29. The van der Waals surface area contributed by atoms with Gasteiger partial charge in [-0.25, -0.2) is 0 Å². The van der Waals surface area contributed by atoms with Gasteiger partial charge in [0.1, 0.15) is 0 Å². The Bertz CT molecular complexity index is 965. The van der Waals surface area contributed by atoms with Crippen LogP contribution in [0, 0.1) is 0 Å². The molecular weight excluding hydrogens is 380 g/mol. The number of rotatable bonds is 5. The van der Waals surface area contributed by atoms with Crippen LogP contribution < -0.4 is 20.7 Å². The van der Waals surface area contributed by atoms with Gasteiger partial charge < -0.3 is 25.6 Å². The standard InChI is InChI=1S/C23H28N4O3/c1-3-26(4-2)23(29)15-8-9-18-20(14-15)30-21-17(22(24)28)6-5-7-19(21)27(18)16-10-12-25-13-11-16/h5-9,14,16,25H,3-4,10-13H2,1-2H3,(H2,24,28). The van der Waals surface area contributed by atoms with Crippen molar-refractivity contribution in [3.8, 4) is 11.5 Å². The van der Waals surface area contributed by atoms with Crippen LogP contribution >= 0.6 is 0 Å². The van der Waals surface area contributed by atoms with Crippen molar-refractivity contribution < 1.29 is 14.3 Å². The van der Waals surface area contributed by atoms with Gasteiger partial charge in [-0.1, -0.05) is 6.07 Å². The van der Waals surface area contributed by atoms with Crippen LogP contribution in [0.25, 0.3) is 0 Å². The number of nitrogens with one attached hydrogen (secondary N) is 1. The maximum Gasteiger partial charge on any atom is 0.253 e. The maximum atomic E-state index is 12.9. The van der Waals surface area contributed by atoms with E-state index >= 15 is 0 Å². The number of hydrogen-bond acceptors (Lipinski definition) is 5. The van der Waals surface area contributed by atoms with Gasteiger partial charge in [0.05, 0.1) is 16.9 Å². The number of carbonyl (C=O) groups excluding carboxylic acids is 2. The Labute approximate surface area is 176 Å². The molecule has 158 valence electrons. The summed E-state index contributed by atoms with van der Waals surface area (Å²) in [6.07, 6.45) is 1.94. The number of piperidine rings is 1. The Morgan fingerprint density at radius 3 is 2.53 bits per heavy atom. The van der Waals surface area contributed by atoms with Crippen molar-refractivity contribution in [2.24, 2.45) is 5.73 Å². The lowest BCUT2D eigenvalue weighted by atomic mass is 9.99. The van der Waals surface area contributed by atoms with E-state index in [1.807, 2.05) is 38.1 Å². The molecule has 2 aliphatic rings. The number of amides is 2. The third-order valence-electron chi connectivity index (χ3n) is 5.92. The van der Waals surface area contributed by atoms with Crippen LogP contribution in [0.15, 0.2) is 36.4 Å². The maximum absolute atomic E-state index is 12.9.